The fraction of sp³-hybridized carbons (Fsp3) is 0.316. The van der Waals surface area contributed by atoms with E-state index in [1.165, 1.54) is 18.2 Å². The molecule has 6 nitrogen and oxygen atoms in total. The summed E-state index contributed by atoms with van der Waals surface area (Å²) in [4.78, 5) is 11.4. The zero-order chi connectivity index (χ0) is 19.7. The Balaban J connectivity index is 1.61. The van der Waals surface area contributed by atoms with Crippen LogP contribution >= 0.6 is 0 Å². The molecule has 0 saturated heterocycles. The van der Waals surface area contributed by atoms with Crippen molar-refractivity contribution in [1.29, 1.82) is 0 Å². The molecular formula is C19H17F3N4O2. The van der Waals surface area contributed by atoms with Crippen molar-refractivity contribution in [1.82, 2.24) is 14.6 Å². The van der Waals surface area contributed by atoms with E-state index in [1.54, 1.807) is 22.7 Å². The van der Waals surface area contributed by atoms with Gasteiger partial charge in [-0.3, -0.25) is 9.20 Å². The van der Waals surface area contributed by atoms with Crippen molar-refractivity contribution in [3.05, 3.63) is 42.6 Å². The van der Waals surface area contributed by atoms with Gasteiger partial charge in [-0.2, -0.15) is 0 Å². The first-order chi connectivity index (χ1) is 13.4. The molecule has 146 valence electrons. The van der Waals surface area contributed by atoms with E-state index in [0.717, 1.165) is 18.5 Å². The molecule has 28 heavy (non-hydrogen) atoms. The third-order valence-electron chi connectivity index (χ3n) is 4.64. The van der Waals surface area contributed by atoms with E-state index in [9.17, 15) is 18.0 Å². The maximum Gasteiger partial charge on any atom is 0.573 e. The van der Waals surface area contributed by atoms with Crippen molar-refractivity contribution in [2.75, 3.05) is 5.32 Å². The van der Waals surface area contributed by atoms with Crippen LogP contribution in [0.15, 0.2) is 42.6 Å². The summed E-state index contributed by atoms with van der Waals surface area (Å²) in [6.45, 7) is 0. The van der Waals surface area contributed by atoms with E-state index < -0.39 is 6.36 Å². The van der Waals surface area contributed by atoms with Gasteiger partial charge < -0.3 is 10.1 Å². The first-order valence-corrected chi connectivity index (χ1v) is 8.86. The SMILES string of the molecule is O=C1CCC(Nc2ccc3nnc(-c4cccc(OC(F)(F)F)c4)n3c2)CC1. The molecule has 1 fully saturated rings. The maximum atomic E-state index is 12.5. The number of anilines is 1. The van der Waals surface area contributed by atoms with Crippen LogP contribution in [0.4, 0.5) is 18.9 Å². The lowest BCUT2D eigenvalue weighted by atomic mass is 9.94. The van der Waals surface area contributed by atoms with E-state index >= 15 is 0 Å². The zero-order valence-electron chi connectivity index (χ0n) is 14.7. The van der Waals surface area contributed by atoms with Crippen LogP contribution in [-0.4, -0.2) is 32.8 Å². The van der Waals surface area contributed by atoms with Gasteiger partial charge in [-0.05, 0) is 37.1 Å². The number of ketones is 1. The summed E-state index contributed by atoms with van der Waals surface area (Å²) < 4.78 is 43.1. The average Bonchev–Trinajstić information content (AvgIpc) is 3.06. The summed E-state index contributed by atoms with van der Waals surface area (Å²) in [5.41, 5.74) is 1.85. The lowest BCUT2D eigenvalue weighted by molar-refractivity contribution is -0.274. The largest absolute Gasteiger partial charge is 0.573 e. The highest BCUT2D eigenvalue weighted by molar-refractivity contribution is 5.79. The molecule has 0 amide bonds. The van der Waals surface area contributed by atoms with Crippen molar-refractivity contribution >= 4 is 17.1 Å². The van der Waals surface area contributed by atoms with Gasteiger partial charge in [-0.15, -0.1) is 23.4 Å². The lowest BCUT2D eigenvalue weighted by Gasteiger charge is -2.23. The van der Waals surface area contributed by atoms with Crippen LogP contribution in [0.2, 0.25) is 0 Å². The molecule has 1 saturated carbocycles. The minimum atomic E-state index is -4.76. The minimum Gasteiger partial charge on any atom is -0.406 e. The molecule has 0 bridgehead atoms. The van der Waals surface area contributed by atoms with Gasteiger partial charge >= 0.3 is 6.36 Å². The molecule has 0 unspecified atom stereocenters. The molecule has 1 aromatic carbocycles. The molecule has 2 aromatic heterocycles. The van der Waals surface area contributed by atoms with Crippen molar-refractivity contribution in [3.8, 4) is 17.1 Å². The van der Waals surface area contributed by atoms with E-state index in [1.807, 2.05) is 6.07 Å². The number of hydrogen-bond acceptors (Lipinski definition) is 5. The third-order valence-corrected chi connectivity index (χ3v) is 4.64. The number of halogens is 3. The molecule has 0 atom stereocenters. The van der Waals surface area contributed by atoms with Crippen molar-refractivity contribution < 1.29 is 22.7 Å². The normalized spacial score (nSPS) is 15.8. The summed E-state index contributed by atoms with van der Waals surface area (Å²) >= 11 is 0. The molecular weight excluding hydrogens is 373 g/mol. The standard InChI is InChI=1S/C19H17F3N4O2/c20-19(21,22)28-16-3-1-2-12(10-16)18-25-24-17-9-6-14(11-26(17)18)23-13-4-7-15(27)8-5-13/h1-3,6,9-11,13,23H,4-5,7-8H2. The number of pyridine rings is 1. The topological polar surface area (TPSA) is 68.5 Å². The smallest absolute Gasteiger partial charge is 0.406 e. The van der Waals surface area contributed by atoms with Crippen LogP contribution in [0.5, 0.6) is 5.75 Å². The first-order valence-electron chi connectivity index (χ1n) is 8.86. The van der Waals surface area contributed by atoms with Gasteiger partial charge in [0.1, 0.15) is 11.5 Å². The number of carbonyl (C=O) groups excluding carboxylic acids is 1. The summed E-state index contributed by atoms with van der Waals surface area (Å²) in [6.07, 6.45) is -0.249. The molecule has 1 N–H and O–H groups in total. The molecule has 1 aliphatic carbocycles. The monoisotopic (exact) mass is 390 g/mol. The Labute approximate surface area is 158 Å². The van der Waals surface area contributed by atoms with Gasteiger partial charge in [0.2, 0.25) is 0 Å². The fourth-order valence-corrected chi connectivity index (χ4v) is 3.33. The van der Waals surface area contributed by atoms with Gasteiger partial charge in [-0.1, -0.05) is 12.1 Å². The van der Waals surface area contributed by atoms with Crippen LogP contribution in [0.3, 0.4) is 0 Å². The molecule has 9 heteroatoms. The van der Waals surface area contributed by atoms with Crippen LogP contribution in [0, 0.1) is 0 Å². The minimum absolute atomic E-state index is 0.207. The summed E-state index contributed by atoms with van der Waals surface area (Å²) in [6, 6.07) is 9.48. The van der Waals surface area contributed by atoms with Crippen LogP contribution < -0.4 is 10.1 Å². The first kappa shape index (κ1) is 18.3. The van der Waals surface area contributed by atoms with E-state index in [4.69, 9.17) is 0 Å². The lowest BCUT2D eigenvalue weighted by Crippen LogP contribution is -2.26. The quantitative estimate of drug-likeness (QED) is 0.723. The number of benzene rings is 1. The highest BCUT2D eigenvalue weighted by atomic mass is 19.4. The predicted molar refractivity (Wildman–Crippen MR) is 96.0 cm³/mol. The second kappa shape index (κ2) is 7.14. The Bertz CT molecular complexity index is 1010. The van der Waals surface area contributed by atoms with Crippen LogP contribution in [-0.2, 0) is 4.79 Å². The van der Waals surface area contributed by atoms with Crippen LogP contribution in [0.1, 0.15) is 25.7 Å². The zero-order valence-corrected chi connectivity index (χ0v) is 14.7. The Morgan fingerprint density at radius 3 is 2.64 bits per heavy atom. The van der Waals surface area contributed by atoms with Crippen LogP contribution in [0.25, 0.3) is 17.0 Å². The highest BCUT2D eigenvalue weighted by Gasteiger charge is 2.31. The van der Waals surface area contributed by atoms with E-state index in [2.05, 4.69) is 20.3 Å². The second-order valence-corrected chi connectivity index (χ2v) is 6.70. The summed E-state index contributed by atoms with van der Waals surface area (Å²) in [5, 5.41) is 11.6. The maximum absolute atomic E-state index is 12.5. The number of Topliss-reactive ketones (excluding diaryl/α,β-unsaturated/α-hetero) is 1. The van der Waals surface area contributed by atoms with Crippen molar-refractivity contribution in [2.45, 2.75) is 38.1 Å². The number of carbonyl (C=O) groups is 1. The Kier molecular flexibility index (Phi) is 4.66. The van der Waals surface area contributed by atoms with E-state index in [-0.39, 0.29) is 17.6 Å². The van der Waals surface area contributed by atoms with Gasteiger partial charge in [0, 0.05) is 30.6 Å². The molecule has 0 radical (unpaired) electrons. The van der Waals surface area contributed by atoms with E-state index in [0.29, 0.717) is 29.9 Å². The number of ether oxygens (including phenoxy) is 1. The highest BCUT2D eigenvalue weighted by Crippen LogP contribution is 2.28. The van der Waals surface area contributed by atoms with Crippen molar-refractivity contribution in [3.63, 3.8) is 0 Å². The number of nitrogens with zero attached hydrogens (tertiary/aromatic N) is 3. The van der Waals surface area contributed by atoms with Gasteiger partial charge in [0.15, 0.2) is 11.5 Å². The van der Waals surface area contributed by atoms with Crippen molar-refractivity contribution in [2.24, 2.45) is 0 Å². The van der Waals surface area contributed by atoms with Gasteiger partial charge in [0.05, 0.1) is 5.69 Å². The molecule has 3 aromatic rings. The second-order valence-electron chi connectivity index (χ2n) is 6.70. The predicted octanol–water partition coefficient (Wildman–Crippen LogP) is 4.22. The molecule has 0 aliphatic heterocycles. The molecule has 4 rings (SSSR count). The fourth-order valence-electron chi connectivity index (χ4n) is 3.33. The number of alkyl halides is 3. The number of fused-ring (bicyclic) bond motifs is 1. The number of rotatable bonds is 4. The molecule has 1 aliphatic rings. The third kappa shape index (κ3) is 4.08. The Hall–Kier alpha value is -3.10. The number of hydrogen-bond donors (Lipinski definition) is 1. The Morgan fingerprint density at radius 1 is 1.11 bits per heavy atom. The summed E-state index contributed by atoms with van der Waals surface area (Å²) in [7, 11) is 0. The Morgan fingerprint density at radius 2 is 1.89 bits per heavy atom. The number of aromatic nitrogens is 3. The average molecular weight is 390 g/mol. The number of nitrogens with one attached hydrogen (secondary N) is 1. The summed E-state index contributed by atoms with van der Waals surface area (Å²) in [5.74, 6) is 0.378. The van der Waals surface area contributed by atoms with Gasteiger partial charge in [0.25, 0.3) is 0 Å². The molecule has 0 spiro atoms. The van der Waals surface area contributed by atoms with Gasteiger partial charge in [-0.25, -0.2) is 0 Å². The molecule has 2 heterocycles.